The van der Waals surface area contributed by atoms with Crippen molar-refractivity contribution in [2.75, 3.05) is 5.32 Å². The number of aromatic amines is 1. The van der Waals surface area contributed by atoms with Gasteiger partial charge in [-0.05, 0) is 39.0 Å². The molecule has 9 heteroatoms. The first-order valence-electron chi connectivity index (χ1n) is 9.19. The molecular weight excluding hydrogens is 366 g/mol. The number of H-pyrrole nitrogens is 1. The van der Waals surface area contributed by atoms with E-state index in [9.17, 15) is 14.7 Å². The van der Waals surface area contributed by atoms with Gasteiger partial charge in [0.2, 0.25) is 5.91 Å². The molecule has 8 nitrogen and oxygen atoms in total. The van der Waals surface area contributed by atoms with E-state index < -0.39 is 6.09 Å². The summed E-state index contributed by atoms with van der Waals surface area (Å²) in [6, 6.07) is 1.90. The van der Waals surface area contributed by atoms with Crippen molar-refractivity contribution >= 4 is 29.2 Å². The molecule has 2 aliphatic rings. The average molecular weight is 389 g/mol. The number of hydrogen-bond acceptors (Lipinski definition) is 5. The van der Waals surface area contributed by atoms with E-state index in [4.69, 9.17) is 0 Å². The molecule has 2 unspecified atom stereocenters. The van der Waals surface area contributed by atoms with E-state index in [2.05, 4.69) is 20.5 Å². The Kier molecular flexibility index (Phi) is 4.63. The van der Waals surface area contributed by atoms with Gasteiger partial charge in [0.15, 0.2) is 5.82 Å². The van der Waals surface area contributed by atoms with Crippen molar-refractivity contribution < 1.29 is 14.7 Å². The first-order valence-corrected chi connectivity index (χ1v) is 10.1. The summed E-state index contributed by atoms with van der Waals surface area (Å²) in [5, 5.41) is 21.5. The summed E-state index contributed by atoms with van der Waals surface area (Å²) in [5.41, 5.74) is 3.21. The van der Waals surface area contributed by atoms with Crippen LogP contribution in [0.1, 0.15) is 56.3 Å². The van der Waals surface area contributed by atoms with Gasteiger partial charge in [0.05, 0.1) is 17.6 Å². The second kappa shape index (κ2) is 6.95. The topological polar surface area (TPSA) is 111 Å². The van der Waals surface area contributed by atoms with Gasteiger partial charge in [0.25, 0.3) is 0 Å². The van der Waals surface area contributed by atoms with Crippen LogP contribution >= 0.6 is 11.3 Å². The third kappa shape index (κ3) is 3.83. The molecule has 2 fully saturated rings. The zero-order valence-corrected chi connectivity index (χ0v) is 16.0. The maximum Gasteiger partial charge on any atom is 0.408 e. The standard InChI is InChI=1S/C18H23N5O3S/c1-18(4-5-18)23(17(25)26)13-3-2-11(6-13)14-8-15(22-21-14)20-16(24)7-12-9-27-10-19-12/h8-11,13H,2-7H2,1H3,(H,25,26)(H2,20,21,22,24). The van der Waals surface area contributed by atoms with Crippen molar-refractivity contribution in [2.24, 2.45) is 0 Å². The third-order valence-corrected chi connectivity index (χ3v) is 6.30. The number of carbonyl (C=O) groups excluding carboxylic acids is 1. The van der Waals surface area contributed by atoms with E-state index in [0.29, 0.717) is 5.82 Å². The fraction of sp³-hybridized carbons (Fsp3) is 0.556. The Bertz CT molecular complexity index is 830. The highest BCUT2D eigenvalue weighted by molar-refractivity contribution is 7.07. The summed E-state index contributed by atoms with van der Waals surface area (Å²) in [7, 11) is 0. The van der Waals surface area contributed by atoms with Gasteiger partial charge in [-0.2, -0.15) is 5.10 Å². The van der Waals surface area contributed by atoms with Crippen LogP contribution in [-0.2, 0) is 11.2 Å². The van der Waals surface area contributed by atoms with Gasteiger partial charge >= 0.3 is 6.09 Å². The highest BCUT2D eigenvalue weighted by Crippen LogP contribution is 2.47. The first kappa shape index (κ1) is 18.0. The average Bonchev–Trinajstić information content (AvgIpc) is 3.09. The number of nitrogens with one attached hydrogen (secondary N) is 2. The fourth-order valence-corrected chi connectivity index (χ4v) is 4.57. The lowest BCUT2D eigenvalue weighted by atomic mass is 10.0. The normalized spacial score (nSPS) is 23.1. The number of thiazole rings is 1. The number of hydrogen-bond donors (Lipinski definition) is 3. The monoisotopic (exact) mass is 389 g/mol. The molecule has 2 aromatic rings. The van der Waals surface area contributed by atoms with Crippen LogP contribution in [-0.4, -0.2) is 48.8 Å². The minimum Gasteiger partial charge on any atom is -0.465 e. The number of carbonyl (C=O) groups is 2. The van der Waals surface area contributed by atoms with Crippen molar-refractivity contribution in [2.45, 2.75) is 62.9 Å². The highest BCUT2D eigenvalue weighted by atomic mass is 32.1. The van der Waals surface area contributed by atoms with Crippen molar-refractivity contribution in [1.82, 2.24) is 20.1 Å². The molecule has 2 amide bonds. The van der Waals surface area contributed by atoms with Gasteiger partial charge in [-0.3, -0.25) is 14.8 Å². The van der Waals surface area contributed by atoms with Crippen LogP contribution in [0.3, 0.4) is 0 Å². The van der Waals surface area contributed by atoms with E-state index in [1.54, 1.807) is 10.4 Å². The number of aromatic nitrogens is 3. The molecule has 0 saturated heterocycles. The fourth-order valence-electron chi connectivity index (χ4n) is 4.01. The van der Waals surface area contributed by atoms with Gasteiger partial charge in [-0.1, -0.05) is 0 Å². The third-order valence-electron chi connectivity index (χ3n) is 5.66. The Morgan fingerprint density at radius 3 is 2.93 bits per heavy atom. The number of nitrogens with zero attached hydrogens (tertiary/aromatic N) is 3. The molecule has 2 atom stereocenters. The van der Waals surface area contributed by atoms with E-state index in [0.717, 1.165) is 43.5 Å². The Morgan fingerprint density at radius 1 is 1.44 bits per heavy atom. The molecule has 0 spiro atoms. The molecule has 2 aromatic heterocycles. The second-order valence-corrected chi connectivity index (χ2v) is 8.45. The van der Waals surface area contributed by atoms with Gasteiger partial charge < -0.3 is 10.4 Å². The van der Waals surface area contributed by atoms with Crippen LogP contribution in [0.2, 0.25) is 0 Å². The van der Waals surface area contributed by atoms with E-state index >= 15 is 0 Å². The van der Waals surface area contributed by atoms with E-state index in [1.807, 2.05) is 18.4 Å². The Morgan fingerprint density at radius 2 is 2.26 bits per heavy atom. The van der Waals surface area contributed by atoms with Crippen LogP contribution in [0.15, 0.2) is 17.0 Å². The van der Waals surface area contributed by atoms with Crippen LogP contribution in [0.25, 0.3) is 0 Å². The molecule has 0 aliphatic heterocycles. The zero-order valence-electron chi connectivity index (χ0n) is 15.1. The number of rotatable bonds is 6. The quantitative estimate of drug-likeness (QED) is 0.702. The summed E-state index contributed by atoms with van der Waals surface area (Å²) in [6.45, 7) is 2.03. The maximum atomic E-state index is 12.1. The van der Waals surface area contributed by atoms with Crippen LogP contribution in [0.5, 0.6) is 0 Å². The number of carboxylic acid groups (broad SMARTS) is 1. The van der Waals surface area contributed by atoms with Gasteiger partial charge in [-0.15, -0.1) is 11.3 Å². The van der Waals surface area contributed by atoms with E-state index in [1.165, 1.54) is 11.3 Å². The summed E-state index contributed by atoms with van der Waals surface area (Å²) in [6.07, 6.45) is 3.86. The smallest absolute Gasteiger partial charge is 0.408 e. The zero-order chi connectivity index (χ0) is 19.0. The Labute approximate surface area is 161 Å². The molecular formula is C18H23N5O3S. The Hall–Kier alpha value is -2.42. The molecule has 0 bridgehead atoms. The largest absolute Gasteiger partial charge is 0.465 e. The lowest BCUT2D eigenvalue weighted by Gasteiger charge is -2.32. The number of anilines is 1. The van der Waals surface area contributed by atoms with Crippen LogP contribution in [0, 0.1) is 0 Å². The number of amides is 2. The maximum absolute atomic E-state index is 12.1. The highest BCUT2D eigenvalue weighted by Gasteiger charge is 2.50. The predicted molar refractivity (Wildman–Crippen MR) is 101 cm³/mol. The van der Waals surface area contributed by atoms with Crippen LogP contribution < -0.4 is 5.32 Å². The lowest BCUT2D eigenvalue weighted by Crippen LogP contribution is -2.45. The van der Waals surface area contributed by atoms with Crippen molar-refractivity contribution in [1.29, 1.82) is 0 Å². The summed E-state index contributed by atoms with van der Waals surface area (Å²) < 4.78 is 0. The van der Waals surface area contributed by atoms with Crippen molar-refractivity contribution in [3.63, 3.8) is 0 Å². The summed E-state index contributed by atoms with van der Waals surface area (Å²) >= 11 is 1.46. The Balaban J connectivity index is 1.36. The predicted octanol–water partition coefficient (Wildman–Crippen LogP) is 3.22. The SMILES string of the molecule is CC1(N(C(=O)O)C2CCC(c3cc(NC(=O)Cc4cscn4)n[nH]3)C2)CC1. The summed E-state index contributed by atoms with van der Waals surface area (Å²) in [5.74, 6) is 0.579. The molecule has 4 rings (SSSR count). The first-order chi connectivity index (χ1) is 12.9. The van der Waals surface area contributed by atoms with E-state index in [-0.39, 0.29) is 29.8 Å². The molecule has 2 aliphatic carbocycles. The molecule has 0 radical (unpaired) electrons. The molecule has 144 valence electrons. The van der Waals surface area contributed by atoms with Crippen molar-refractivity contribution in [3.8, 4) is 0 Å². The van der Waals surface area contributed by atoms with Gasteiger partial charge in [0.1, 0.15) is 0 Å². The van der Waals surface area contributed by atoms with Gasteiger partial charge in [0, 0.05) is 34.6 Å². The molecule has 0 aromatic carbocycles. The molecule has 2 heterocycles. The molecule has 27 heavy (non-hydrogen) atoms. The van der Waals surface area contributed by atoms with Gasteiger partial charge in [-0.25, -0.2) is 9.78 Å². The summed E-state index contributed by atoms with van der Waals surface area (Å²) in [4.78, 5) is 29.6. The minimum absolute atomic E-state index is 0.0472. The molecule has 3 N–H and O–H groups in total. The second-order valence-electron chi connectivity index (χ2n) is 7.73. The molecule has 2 saturated carbocycles. The lowest BCUT2D eigenvalue weighted by molar-refractivity contribution is -0.115. The minimum atomic E-state index is -0.819. The van der Waals surface area contributed by atoms with Crippen LogP contribution in [0.4, 0.5) is 10.6 Å². The van der Waals surface area contributed by atoms with Crippen molar-refractivity contribution in [3.05, 3.63) is 28.3 Å².